The quantitative estimate of drug-likeness (QED) is 0.802. The molecule has 2 aliphatic rings. The van der Waals surface area contributed by atoms with E-state index in [1.54, 1.807) is 12.4 Å². The summed E-state index contributed by atoms with van der Waals surface area (Å²) in [5, 5.41) is 0. The molecule has 0 aromatic carbocycles. The van der Waals surface area contributed by atoms with Crippen LogP contribution in [0.15, 0.2) is 12.4 Å². The lowest BCUT2D eigenvalue weighted by Crippen LogP contribution is -2.44. The molecule has 7 heteroatoms. The van der Waals surface area contributed by atoms with Crippen LogP contribution in [-0.4, -0.2) is 60.6 Å². The first kappa shape index (κ1) is 16.0. The highest BCUT2D eigenvalue weighted by molar-refractivity contribution is 5.84. The molecule has 2 aliphatic heterocycles. The van der Waals surface area contributed by atoms with E-state index < -0.39 is 0 Å². The summed E-state index contributed by atoms with van der Waals surface area (Å²) in [4.78, 5) is 25.1. The molecule has 3 heterocycles. The first-order valence-electron chi connectivity index (χ1n) is 8.30. The standard InChI is InChI=1S/C16H25N5O2/c1-20-7-3-16(14(20)22)4-8-21(9-5-16)15-18-11-13(12-19-15)23-10-2-6-17/h11-12H,2-10,17H2,1H3. The Balaban J connectivity index is 1.56. The summed E-state index contributed by atoms with van der Waals surface area (Å²) >= 11 is 0. The molecule has 7 nitrogen and oxygen atoms in total. The van der Waals surface area contributed by atoms with Crippen LogP contribution < -0.4 is 15.4 Å². The molecular weight excluding hydrogens is 294 g/mol. The van der Waals surface area contributed by atoms with Crippen molar-refractivity contribution in [1.82, 2.24) is 14.9 Å². The van der Waals surface area contributed by atoms with Gasteiger partial charge in [0.2, 0.25) is 11.9 Å². The van der Waals surface area contributed by atoms with Crippen molar-refractivity contribution in [1.29, 1.82) is 0 Å². The van der Waals surface area contributed by atoms with E-state index in [-0.39, 0.29) is 5.41 Å². The van der Waals surface area contributed by atoms with E-state index >= 15 is 0 Å². The lowest BCUT2D eigenvalue weighted by Gasteiger charge is -2.37. The van der Waals surface area contributed by atoms with Gasteiger partial charge < -0.3 is 20.3 Å². The molecule has 23 heavy (non-hydrogen) atoms. The van der Waals surface area contributed by atoms with Crippen molar-refractivity contribution in [2.75, 3.05) is 44.7 Å². The van der Waals surface area contributed by atoms with E-state index in [9.17, 15) is 4.79 Å². The summed E-state index contributed by atoms with van der Waals surface area (Å²) in [6.07, 6.45) is 6.97. The van der Waals surface area contributed by atoms with Crippen LogP contribution in [0.5, 0.6) is 5.75 Å². The fourth-order valence-corrected chi connectivity index (χ4v) is 3.41. The minimum absolute atomic E-state index is 0.142. The number of amides is 1. The van der Waals surface area contributed by atoms with Crippen LogP contribution in [0.2, 0.25) is 0 Å². The third kappa shape index (κ3) is 3.24. The molecule has 0 aliphatic carbocycles. The van der Waals surface area contributed by atoms with Crippen LogP contribution in [-0.2, 0) is 4.79 Å². The predicted molar refractivity (Wildman–Crippen MR) is 87.3 cm³/mol. The second-order valence-corrected chi connectivity index (χ2v) is 6.45. The molecule has 0 unspecified atom stereocenters. The molecule has 0 atom stereocenters. The van der Waals surface area contributed by atoms with Crippen LogP contribution in [0.3, 0.4) is 0 Å². The summed E-state index contributed by atoms with van der Waals surface area (Å²) in [5.41, 5.74) is 5.29. The molecule has 2 saturated heterocycles. The number of piperidine rings is 1. The van der Waals surface area contributed by atoms with Crippen LogP contribution in [0.4, 0.5) is 5.95 Å². The van der Waals surface area contributed by atoms with E-state index in [1.165, 1.54) is 0 Å². The Hall–Kier alpha value is -1.89. The smallest absolute Gasteiger partial charge is 0.228 e. The molecule has 1 aromatic rings. The Bertz CT molecular complexity index is 540. The Morgan fingerprint density at radius 1 is 1.22 bits per heavy atom. The van der Waals surface area contributed by atoms with Crippen LogP contribution in [0.1, 0.15) is 25.7 Å². The highest BCUT2D eigenvalue weighted by Crippen LogP contribution is 2.41. The molecule has 0 radical (unpaired) electrons. The molecule has 1 aromatic heterocycles. The molecule has 3 rings (SSSR count). The van der Waals surface area contributed by atoms with Gasteiger partial charge in [0.15, 0.2) is 5.75 Å². The second-order valence-electron chi connectivity index (χ2n) is 6.45. The number of carbonyl (C=O) groups excluding carboxylic acids is 1. The minimum atomic E-state index is -0.142. The van der Waals surface area contributed by atoms with Gasteiger partial charge in [0.1, 0.15) is 0 Å². The minimum Gasteiger partial charge on any atom is -0.490 e. The average Bonchev–Trinajstić information content (AvgIpc) is 2.86. The van der Waals surface area contributed by atoms with Crippen molar-refractivity contribution < 1.29 is 9.53 Å². The lowest BCUT2D eigenvalue weighted by atomic mass is 9.77. The number of likely N-dealkylation sites (tertiary alicyclic amines) is 1. The highest BCUT2D eigenvalue weighted by atomic mass is 16.5. The van der Waals surface area contributed by atoms with Gasteiger partial charge in [-0.05, 0) is 32.2 Å². The first-order valence-corrected chi connectivity index (χ1v) is 8.30. The molecule has 1 spiro atoms. The van der Waals surface area contributed by atoms with Crippen molar-refractivity contribution in [2.24, 2.45) is 11.1 Å². The molecule has 2 fully saturated rings. The monoisotopic (exact) mass is 319 g/mol. The number of ether oxygens (including phenoxy) is 1. The Morgan fingerprint density at radius 2 is 1.87 bits per heavy atom. The van der Waals surface area contributed by atoms with Crippen molar-refractivity contribution >= 4 is 11.9 Å². The fourth-order valence-electron chi connectivity index (χ4n) is 3.41. The Kier molecular flexibility index (Phi) is 4.66. The second kappa shape index (κ2) is 6.70. The number of carbonyl (C=O) groups is 1. The van der Waals surface area contributed by atoms with Crippen molar-refractivity contribution in [3.8, 4) is 5.75 Å². The van der Waals surface area contributed by atoms with Gasteiger partial charge in [0.25, 0.3) is 0 Å². The number of rotatable bonds is 5. The van der Waals surface area contributed by atoms with Gasteiger partial charge in [-0.15, -0.1) is 0 Å². The molecular formula is C16H25N5O2. The van der Waals surface area contributed by atoms with Crippen molar-refractivity contribution in [3.63, 3.8) is 0 Å². The van der Waals surface area contributed by atoms with Gasteiger partial charge >= 0.3 is 0 Å². The summed E-state index contributed by atoms with van der Waals surface area (Å²) in [6, 6.07) is 0. The van der Waals surface area contributed by atoms with Crippen LogP contribution in [0.25, 0.3) is 0 Å². The fraction of sp³-hybridized carbons (Fsp3) is 0.688. The molecule has 1 amide bonds. The number of aromatic nitrogens is 2. The number of nitrogens with two attached hydrogens (primary N) is 1. The zero-order chi connectivity index (χ0) is 16.3. The summed E-state index contributed by atoms with van der Waals surface area (Å²) in [5.74, 6) is 1.69. The number of hydrogen-bond donors (Lipinski definition) is 1. The maximum Gasteiger partial charge on any atom is 0.228 e. The number of anilines is 1. The van der Waals surface area contributed by atoms with E-state index in [0.29, 0.717) is 30.8 Å². The maximum absolute atomic E-state index is 12.3. The van der Waals surface area contributed by atoms with Gasteiger partial charge in [-0.3, -0.25) is 4.79 Å². The maximum atomic E-state index is 12.3. The number of hydrogen-bond acceptors (Lipinski definition) is 6. The Labute approximate surface area is 136 Å². The van der Waals surface area contributed by atoms with E-state index in [1.807, 2.05) is 11.9 Å². The van der Waals surface area contributed by atoms with Crippen LogP contribution >= 0.6 is 0 Å². The normalized spacial score (nSPS) is 20.3. The third-order valence-corrected chi connectivity index (χ3v) is 4.96. The van der Waals surface area contributed by atoms with Crippen molar-refractivity contribution in [3.05, 3.63) is 12.4 Å². The van der Waals surface area contributed by atoms with Gasteiger partial charge in [-0.25, -0.2) is 9.97 Å². The number of nitrogens with zero attached hydrogens (tertiary/aromatic N) is 4. The summed E-state index contributed by atoms with van der Waals surface area (Å²) < 4.78 is 5.52. The SMILES string of the molecule is CN1CCC2(CCN(c3ncc(OCCCN)cn3)CC2)C1=O. The van der Waals surface area contributed by atoms with E-state index in [0.717, 1.165) is 45.3 Å². The first-order chi connectivity index (χ1) is 11.1. The van der Waals surface area contributed by atoms with Crippen molar-refractivity contribution in [2.45, 2.75) is 25.7 Å². The van der Waals surface area contributed by atoms with E-state index in [4.69, 9.17) is 10.5 Å². The summed E-state index contributed by atoms with van der Waals surface area (Å²) in [6.45, 7) is 3.73. The average molecular weight is 319 g/mol. The molecule has 126 valence electrons. The zero-order valence-electron chi connectivity index (χ0n) is 13.7. The van der Waals surface area contributed by atoms with Gasteiger partial charge in [0.05, 0.1) is 24.4 Å². The summed E-state index contributed by atoms with van der Waals surface area (Å²) in [7, 11) is 1.90. The zero-order valence-corrected chi connectivity index (χ0v) is 13.7. The molecule has 2 N–H and O–H groups in total. The predicted octanol–water partition coefficient (Wildman–Crippen LogP) is 0.653. The topological polar surface area (TPSA) is 84.6 Å². The molecule has 0 saturated carbocycles. The lowest BCUT2D eigenvalue weighted by molar-refractivity contribution is -0.135. The largest absolute Gasteiger partial charge is 0.490 e. The van der Waals surface area contributed by atoms with Gasteiger partial charge in [0, 0.05) is 26.7 Å². The third-order valence-electron chi connectivity index (χ3n) is 4.96. The Morgan fingerprint density at radius 3 is 2.43 bits per heavy atom. The van der Waals surface area contributed by atoms with Gasteiger partial charge in [-0.1, -0.05) is 0 Å². The van der Waals surface area contributed by atoms with Crippen LogP contribution in [0, 0.1) is 5.41 Å². The van der Waals surface area contributed by atoms with Gasteiger partial charge in [-0.2, -0.15) is 0 Å². The molecule has 0 bridgehead atoms. The van der Waals surface area contributed by atoms with E-state index in [2.05, 4.69) is 14.9 Å². The highest BCUT2D eigenvalue weighted by Gasteiger charge is 2.47.